The molecule has 0 amide bonds. The molecular formula is C21H25NO. The molecule has 2 aromatic carbocycles. The summed E-state index contributed by atoms with van der Waals surface area (Å²) in [5, 5.41) is 0. The Morgan fingerprint density at radius 1 is 1.09 bits per heavy atom. The highest BCUT2D eigenvalue weighted by Gasteiger charge is 2.37. The monoisotopic (exact) mass is 307 g/mol. The molecule has 0 aromatic heterocycles. The molecule has 2 nitrogen and oxygen atoms in total. The zero-order valence-electron chi connectivity index (χ0n) is 13.9. The van der Waals surface area contributed by atoms with E-state index in [1.54, 1.807) is 12.7 Å². The molecule has 23 heavy (non-hydrogen) atoms. The molecule has 0 saturated carbocycles. The summed E-state index contributed by atoms with van der Waals surface area (Å²) < 4.78 is 5.39. The number of rotatable bonds is 4. The molecule has 120 valence electrons. The van der Waals surface area contributed by atoms with Gasteiger partial charge in [-0.15, -0.1) is 0 Å². The summed E-state index contributed by atoms with van der Waals surface area (Å²) in [6, 6.07) is 17.6. The summed E-state index contributed by atoms with van der Waals surface area (Å²) in [4.78, 5) is 2.67. The Morgan fingerprint density at radius 2 is 1.96 bits per heavy atom. The third-order valence-corrected chi connectivity index (χ3v) is 5.61. The van der Waals surface area contributed by atoms with Crippen molar-refractivity contribution in [3.05, 3.63) is 65.2 Å². The van der Waals surface area contributed by atoms with Gasteiger partial charge in [-0.05, 0) is 54.0 Å². The summed E-state index contributed by atoms with van der Waals surface area (Å²) in [6.45, 7) is 3.67. The zero-order chi connectivity index (χ0) is 15.6. The van der Waals surface area contributed by atoms with Crippen molar-refractivity contribution in [1.29, 1.82) is 0 Å². The van der Waals surface area contributed by atoms with Crippen LogP contribution in [-0.4, -0.2) is 31.6 Å². The minimum absolute atomic E-state index is 0.723. The molecule has 0 unspecified atom stereocenters. The fourth-order valence-corrected chi connectivity index (χ4v) is 4.35. The maximum absolute atomic E-state index is 5.39. The van der Waals surface area contributed by atoms with Gasteiger partial charge < -0.3 is 9.64 Å². The first-order valence-electron chi connectivity index (χ1n) is 8.76. The molecular weight excluding hydrogens is 282 g/mol. The van der Waals surface area contributed by atoms with Gasteiger partial charge in [-0.1, -0.05) is 36.4 Å². The highest BCUT2D eigenvalue weighted by molar-refractivity contribution is 5.40. The predicted octanol–water partition coefficient (Wildman–Crippen LogP) is 3.90. The largest absolute Gasteiger partial charge is 0.497 e. The standard InChI is InChI=1S/C21H25NO/c1-23-19-9-10-20-17(13-19)7-8-18-14-22(15-21(18)20)12-11-16-5-3-2-4-6-16/h2-6,9-10,13,18,21H,7-8,11-12,14-15H2,1H3/t18-,21+/m0/s1. The van der Waals surface area contributed by atoms with Crippen LogP contribution in [0.2, 0.25) is 0 Å². The summed E-state index contributed by atoms with van der Waals surface area (Å²) in [5.74, 6) is 2.56. The molecule has 1 heterocycles. The quantitative estimate of drug-likeness (QED) is 0.849. The van der Waals surface area contributed by atoms with Crippen molar-refractivity contribution in [2.75, 3.05) is 26.7 Å². The van der Waals surface area contributed by atoms with Crippen LogP contribution in [-0.2, 0) is 12.8 Å². The van der Waals surface area contributed by atoms with Gasteiger partial charge in [-0.2, -0.15) is 0 Å². The molecule has 0 spiro atoms. The molecule has 0 N–H and O–H groups in total. The minimum Gasteiger partial charge on any atom is -0.497 e. The van der Waals surface area contributed by atoms with Gasteiger partial charge in [0.25, 0.3) is 0 Å². The van der Waals surface area contributed by atoms with E-state index in [0.29, 0.717) is 0 Å². The molecule has 1 aliphatic carbocycles. The fourth-order valence-electron chi connectivity index (χ4n) is 4.35. The number of benzene rings is 2. The average Bonchev–Trinajstić information content (AvgIpc) is 3.04. The number of nitrogens with zero attached hydrogens (tertiary/aromatic N) is 1. The van der Waals surface area contributed by atoms with Crippen LogP contribution in [0.5, 0.6) is 5.75 Å². The maximum Gasteiger partial charge on any atom is 0.119 e. The third-order valence-electron chi connectivity index (χ3n) is 5.61. The number of likely N-dealkylation sites (tertiary alicyclic amines) is 1. The molecule has 2 aromatic rings. The van der Waals surface area contributed by atoms with E-state index in [2.05, 4.69) is 53.4 Å². The van der Waals surface area contributed by atoms with Gasteiger partial charge in [0.15, 0.2) is 0 Å². The van der Waals surface area contributed by atoms with Crippen LogP contribution in [0.4, 0.5) is 0 Å². The van der Waals surface area contributed by atoms with E-state index < -0.39 is 0 Å². The van der Waals surface area contributed by atoms with Crippen molar-refractivity contribution in [1.82, 2.24) is 4.90 Å². The number of aryl methyl sites for hydroxylation is 1. The van der Waals surface area contributed by atoms with Crippen LogP contribution in [0.3, 0.4) is 0 Å². The first-order chi connectivity index (χ1) is 11.3. The summed E-state index contributed by atoms with van der Waals surface area (Å²) in [5.41, 5.74) is 4.53. The molecule has 0 radical (unpaired) electrons. The fraction of sp³-hybridized carbons (Fsp3) is 0.429. The van der Waals surface area contributed by atoms with Crippen LogP contribution in [0, 0.1) is 5.92 Å². The van der Waals surface area contributed by atoms with Crippen LogP contribution in [0.25, 0.3) is 0 Å². The highest BCUT2D eigenvalue weighted by atomic mass is 16.5. The van der Waals surface area contributed by atoms with Gasteiger partial charge in [0.2, 0.25) is 0 Å². The van der Waals surface area contributed by atoms with E-state index in [1.165, 1.54) is 43.6 Å². The Bertz CT molecular complexity index is 667. The minimum atomic E-state index is 0.723. The molecule has 1 saturated heterocycles. The van der Waals surface area contributed by atoms with Gasteiger partial charge in [0, 0.05) is 25.6 Å². The van der Waals surface area contributed by atoms with E-state index in [9.17, 15) is 0 Å². The Kier molecular flexibility index (Phi) is 4.09. The lowest BCUT2D eigenvalue weighted by Gasteiger charge is -2.27. The van der Waals surface area contributed by atoms with Crippen molar-refractivity contribution in [2.45, 2.75) is 25.2 Å². The van der Waals surface area contributed by atoms with Crippen molar-refractivity contribution in [3.8, 4) is 5.75 Å². The average molecular weight is 307 g/mol. The van der Waals surface area contributed by atoms with Crippen molar-refractivity contribution in [2.24, 2.45) is 5.92 Å². The first-order valence-corrected chi connectivity index (χ1v) is 8.76. The number of hydrogen-bond donors (Lipinski definition) is 0. The van der Waals surface area contributed by atoms with Gasteiger partial charge in [0.1, 0.15) is 5.75 Å². The summed E-state index contributed by atoms with van der Waals surface area (Å²) in [6.07, 6.45) is 3.70. The predicted molar refractivity (Wildman–Crippen MR) is 94.1 cm³/mol. The number of hydrogen-bond acceptors (Lipinski definition) is 2. The van der Waals surface area contributed by atoms with Crippen LogP contribution < -0.4 is 4.74 Å². The van der Waals surface area contributed by atoms with Crippen LogP contribution in [0.1, 0.15) is 29.0 Å². The molecule has 0 bridgehead atoms. The normalized spacial score (nSPS) is 23.3. The Morgan fingerprint density at radius 3 is 2.78 bits per heavy atom. The van der Waals surface area contributed by atoms with Crippen LogP contribution in [0.15, 0.2) is 48.5 Å². The first kappa shape index (κ1) is 14.8. The molecule has 1 aliphatic heterocycles. The maximum atomic E-state index is 5.39. The SMILES string of the molecule is COc1ccc2c(c1)CC[C@H]1CN(CCc3ccccc3)C[C@@H]21. The van der Waals surface area contributed by atoms with Crippen molar-refractivity contribution >= 4 is 0 Å². The van der Waals surface area contributed by atoms with Crippen molar-refractivity contribution < 1.29 is 4.74 Å². The lowest BCUT2D eigenvalue weighted by Crippen LogP contribution is -2.23. The summed E-state index contributed by atoms with van der Waals surface area (Å²) >= 11 is 0. The highest BCUT2D eigenvalue weighted by Crippen LogP contribution is 2.42. The lowest BCUT2D eigenvalue weighted by molar-refractivity contribution is 0.325. The van der Waals surface area contributed by atoms with E-state index in [-0.39, 0.29) is 0 Å². The second kappa shape index (κ2) is 6.37. The van der Waals surface area contributed by atoms with Gasteiger partial charge >= 0.3 is 0 Å². The number of fused-ring (bicyclic) bond motifs is 3. The van der Waals surface area contributed by atoms with Crippen molar-refractivity contribution in [3.63, 3.8) is 0 Å². The molecule has 1 fully saturated rings. The van der Waals surface area contributed by atoms with E-state index in [0.717, 1.165) is 24.0 Å². The van der Waals surface area contributed by atoms with E-state index in [1.807, 2.05) is 0 Å². The smallest absolute Gasteiger partial charge is 0.119 e. The molecule has 4 rings (SSSR count). The second-order valence-electron chi connectivity index (χ2n) is 6.97. The Labute approximate surface area is 139 Å². The van der Waals surface area contributed by atoms with Gasteiger partial charge in [0.05, 0.1) is 7.11 Å². The van der Waals surface area contributed by atoms with E-state index in [4.69, 9.17) is 4.74 Å². The van der Waals surface area contributed by atoms with Gasteiger partial charge in [-0.3, -0.25) is 0 Å². The number of methoxy groups -OCH3 is 1. The molecule has 2 aliphatic rings. The molecule has 2 atom stereocenters. The van der Waals surface area contributed by atoms with Crippen LogP contribution >= 0.6 is 0 Å². The van der Waals surface area contributed by atoms with Gasteiger partial charge in [-0.25, -0.2) is 0 Å². The molecule has 2 heteroatoms. The second-order valence-corrected chi connectivity index (χ2v) is 6.97. The zero-order valence-corrected chi connectivity index (χ0v) is 13.9. The topological polar surface area (TPSA) is 12.5 Å². The van der Waals surface area contributed by atoms with E-state index >= 15 is 0 Å². The Balaban J connectivity index is 1.44. The summed E-state index contributed by atoms with van der Waals surface area (Å²) in [7, 11) is 1.76. The Hall–Kier alpha value is -1.80. The number of ether oxygens (including phenoxy) is 1. The third kappa shape index (κ3) is 3.00. The lowest BCUT2D eigenvalue weighted by atomic mass is 9.77.